The third kappa shape index (κ3) is 2.64. The van der Waals surface area contributed by atoms with Gasteiger partial charge in [0.25, 0.3) is 0 Å². The fourth-order valence-electron chi connectivity index (χ4n) is 3.90. The number of hydrogen-bond donors (Lipinski definition) is 2. The average Bonchev–Trinajstić information content (AvgIpc) is 3.13. The molecule has 3 rings (SSSR count). The quantitative estimate of drug-likeness (QED) is 0.655. The molecule has 3 atom stereocenters. The fourth-order valence-corrected chi connectivity index (χ4v) is 4.45. The maximum atomic E-state index is 6.26. The minimum Gasteiger partial charge on any atom is -0.271 e. The number of hydrogen-bond acceptors (Lipinski definition) is 2. The van der Waals surface area contributed by atoms with Crippen molar-refractivity contribution in [2.75, 3.05) is 0 Å². The Morgan fingerprint density at radius 2 is 1.74 bits per heavy atom. The van der Waals surface area contributed by atoms with Gasteiger partial charge in [-0.25, -0.2) is 0 Å². The van der Waals surface area contributed by atoms with Crippen LogP contribution in [0.5, 0.6) is 0 Å². The summed E-state index contributed by atoms with van der Waals surface area (Å²) in [7, 11) is 0. The predicted octanol–water partition coefficient (Wildman–Crippen LogP) is 3.80. The Balaban J connectivity index is 1.74. The standard InChI is InChI=1S/C15H20Cl2N2/c16-12-6-3-7-13(17)11(12)8-14(19-18)15-9-4-1-2-5-10(9)15/h3,6-7,9-10,14-15,19H,1-2,4-5,8,18H2. The lowest BCUT2D eigenvalue weighted by atomic mass is 10.0. The number of rotatable bonds is 4. The number of hydrazine groups is 1. The van der Waals surface area contributed by atoms with E-state index in [1.165, 1.54) is 25.7 Å². The molecule has 0 saturated heterocycles. The lowest BCUT2D eigenvalue weighted by Crippen LogP contribution is -2.39. The summed E-state index contributed by atoms with van der Waals surface area (Å²) in [5.74, 6) is 8.23. The Kier molecular flexibility index (Phi) is 4.04. The summed E-state index contributed by atoms with van der Waals surface area (Å²) in [5.41, 5.74) is 4.03. The van der Waals surface area contributed by atoms with E-state index in [1.807, 2.05) is 18.2 Å². The van der Waals surface area contributed by atoms with Crippen molar-refractivity contribution < 1.29 is 0 Å². The molecule has 0 spiro atoms. The van der Waals surface area contributed by atoms with Crippen molar-refractivity contribution in [1.29, 1.82) is 0 Å². The summed E-state index contributed by atoms with van der Waals surface area (Å²) in [6, 6.07) is 5.98. The van der Waals surface area contributed by atoms with Crippen LogP contribution < -0.4 is 11.3 Å². The van der Waals surface area contributed by atoms with Crippen LogP contribution in [0.2, 0.25) is 10.0 Å². The first-order chi connectivity index (χ1) is 9.22. The molecule has 0 aliphatic heterocycles. The molecular formula is C15H20Cl2N2. The van der Waals surface area contributed by atoms with Crippen molar-refractivity contribution in [3.05, 3.63) is 33.8 Å². The van der Waals surface area contributed by atoms with Gasteiger partial charge < -0.3 is 0 Å². The molecule has 1 aromatic carbocycles. The topological polar surface area (TPSA) is 38.0 Å². The first kappa shape index (κ1) is 13.7. The third-order valence-electron chi connectivity index (χ3n) is 4.89. The third-order valence-corrected chi connectivity index (χ3v) is 5.60. The Morgan fingerprint density at radius 1 is 1.16 bits per heavy atom. The van der Waals surface area contributed by atoms with Gasteiger partial charge in [-0.15, -0.1) is 0 Å². The largest absolute Gasteiger partial charge is 0.271 e. The summed E-state index contributed by atoms with van der Waals surface area (Å²) in [4.78, 5) is 0. The monoisotopic (exact) mass is 298 g/mol. The van der Waals surface area contributed by atoms with E-state index in [1.54, 1.807) is 0 Å². The van der Waals surface area contributed by atoms with Crippen molar-refractivity contribution in [3.63, 3.8) is 0 Å². The van der Waals surface area contributed by atoms with Gasteiger partial charge in [-0.2, -0.15) is 0 Å². The predicted molar refractivity (Wildman–Crippen MR) is 80.2 cm³/mol. The molecule has 0 amide bonds. The van der Waals surface area contributed by atoms with Crippen LogP contribution in [-0.4, -0.2) is 6.04 Å². The van der Waals surface area contributed by atoms with Crippen LogP contribution in [0, 0.1) is 17.8 Å². The number of nitrogens with two attached hydrogens (primary N) is 1. The van der Waals surface area contributed by atoms with Crippen LogP contribution in [-0.2, 0) is 6.42 Å². The van der Waals surface area contributed by atoms with Crippen LogP contribution in [0.15, 0.2) is 18.2 Å². The molecule has 1 aromatic rings. The molecule has 3 unspecified atom stereocenters. The molecule has 0 bridgehead atoms. The molecule has 2 aliphatic rings. The molecule has 0 heterocycles. The van der Waals surface area contributed by atoms with Gasteiger partial charge in [-0.3, -0.25) is 11.3 Å². The normalized spacial score (nSPS) is 30.8. The van der Waals surface area contributed by atoms with E-state index in [0.29, 0.717) is 12.0 Å². The van der Waals surface area contributed by atoms with Gasteiger partial charge >= 0.3 is 0 Å². The highest BCUT2D eigenvalue weighted by atomic mass is 35.5. The Hall–Kier alpha value is -0.280. The Labute approximate surface area is 124 Å². The number of nitrogens with one attached hydrogen (secondary N) is 1. The van der Waals surface area contributed by atoms with E-state index in [2.05, 4.69) is 5.43 Å². The first-order valence-corrected chi connectivity index (χ1v) is 7.87. The maximum Gasteiger partial charge on any atom is 0.0453 e. The minimum atomic E-state index is 0.297. The fraction of sp³-hybridized carbons (Fsp3) is 0.600. The smallest absolute Gasteiger partial charge is 0.0453 e. The van der Waals surface area contributed by atoms with E-state index in [0.717, 1.165) is 33.9 Å². The zero-order chi connectivity index (χ0) is 13.4. The summed E-state index contributed by atoms with van der Waals surface area (Å²) in [5, 5.41) is 1.49. The van der Waals surface area contributed by atoms with E-state index >= 15 is 0 Å². The van der Waals surface area contributed by atoms with Gasteiger partial charge in [0.1, 0.15) is 0 Å². The molecule has 2 fully saturated rings. The molecule has 2 aliphatic carbocycles. The first-order valence-electron chi connectivity index (χ1n) is 7.11. The van der Waals surface area contributed by atoms with Crippen molar-refractivity contribution in [2.45, 2.75) is 38.1 Å². The van der Waals surface area contributed by atoms with E-state index in [4.69, 9.17) is 29.0 Å². The summed E-state index contributed by atoms with van der Waals surface area (Å²) >= 11 is 12.5. The lowest BCUT2D eigenvalue weighted by molar-refractivity contribution is 0.437. The van der Waals surface area contributed by atoms with Gasteiger partial charge in [-0.1, -0.05) is 42.1 Å². The van der Waals surface area contributed by atoms with Crippen LogP contribution in [0.1, 0.15) is 31.2 Å². The van der Waals surface area contributed by atoms with Gasteiger partial charge in [-0.05, 0) is 54.7 Å². The Bertz CT molecular complexity index is 431. The molecule has 4 heteroatoms. The zero-order valence-corrected chi connectivity index (χ0v) is 12.4. The summed E-state index contributed by atoms with van der Waals surface area (Å²) in [6.07, 6.45) is 6.31. The molecule has 2 nitrogen and oxygen atoms in total. The summed E-state index contributed by atoms with van der Waals surface area (Å²) < 4.78 is 0. The average molecular weight is 299 g/mol. The minimum absolute atomic E-state index is 0.297. The second-order valence-corrected chi connectivity index (χ2v) is 6.68. The highest BCUT2D eigenvalue weighted by Crippen LogP contribution is 2.57. The molecule has 2 saturated carbocycles. The van der Waals surface area contributed by atoms with Crippen molar-refractivity contribution in [1.82, 2.24) is 5.43 Å². The van der Waals surface area contributed by atoms with Crippen LogP contribution in [0.4, 0.5) is 0 Å². The lowest BCUT2D eigenvalue weighted by Gasteiger charge is -2.18. The van der Waals surface area contributed by atoms with E-state index in [9.17, 15) is 0 Å². The summed E-state index contributed by atoms with van der Waals surface area (Å²) in [6.45, 7) is 0. The van der Waals surface area contributed by atoms with Gasteiger partial charge in [0.05, 0.1) is 0 Å². The van der Waals surface area contributed by atoms with E-state index in [-0.39, 0.29) is 0 Å². The van der Waals surface area contributed by atoms with Crippen molar-refractivity contribution in [2.24, 2.45) is 23.6 Å². The van der Waals surface area contributed by atoms with Gasteiger partial charge in [0.2, 0.25) is 0 Å². The Morgan fingerprint density at radius 3 is 2.26 bits per heavy atom. The number of fused-ring (bicyclic) bond motifs is 1. The number of halogens is 2. The maximum absolute atomic E-state index is 6.26. The SMILES string of the molecule is NNC(Cc1c(Cl)cccc1Cl)C1C2CCCCC21. The van der Waals surface area contributed by atoms with Crippen LogP contribution in [0.3, 0.4) is 0 Å². The van der Waals surface area contributed by atoms with Crippen molar-refractivity contribution in [3.8, 4) is 0 Å². The zero-order valence-electron chi connectivity index (χ0n) is 10.9. The molecule has 0 radical (unpaired) electrons. The molecule has 0 aromatic heterocycles. The number of benzene rings is 1. The van der Waals surface area contributed by atoms with Gasteiger partial charge in [0.15, 0.2) is 0 Å². The van der Waals surface area contributed by atoms with Crippen LogP contribution >= 0.6 is 23.2 Å². The second-order valence-electron chi connectivity index (χ2n) is 5.87. The van der Waals surface area contributed by atoms with Gasteiger partial charge in [0, 0.05) is 16.1 Å². The molecule has 3 N–H and O–H groups in total. The van der Waals surface area contributed by atoms with Crippen LogP contribution in [0.25, 0.3) is 0 Å². The second kappa shape index (κ2) is 5.61. The highest BCUT2D eigenvalue weighted by Gasteiger charge is 2.53. The van der Waals surface area contributed by atoms with Crippen molar-refractivity contribution >= 4 is 23.2 Å². The molecular weight excluding hydrogens is 279 g/mol. The molecule has 104 valence electrons. The van der Waals surface area contributed by atoms with E-state index < -0.39 is 0 Å². The highest BCUT2D eigenvalue weighted by molar-refractivity contribution is 6.36. The molecule has 19 heavy (non-hydrogen) atoms.